The lowest BCUT2D eigenvalue weighted by Gasteiger charge is -2.07. The number of pyridine rings is 2. The van der Waals surface area contributed by atoms with Crippen molar-refractivity contribution in [2.75, 3.05) is 39.6 Å². The maximum absolute atomic E-state index is 12.8. The van der Waals surface area contributed by atoms with Crippen molar-refractivity contribution in [2.24, 2.45) is 0 Å². The fourth-order valence-electron chi connectivity index (χ4n) is 3.89. The number of nitrogens with zero attached hydrogens (tertiary/aromatic N) is 2. The molecule has 0 amide bonds. The zero-order valence-electron chi connectivity index (χ0n) is 17.4. The molecule has 8 nitrogen and oxygen atoms in total. The second-order valence-electron chi connectivity index (χ2n) is 7.29. The van der Waals surface area contributed by atoms with Crippen LogP contribution in [0.4, 0.5) is 0 Å². The highest BCUT2D eigenvalue weighted by Crippen LogP contribution is 2.31. The van der Waals surface area contributed by atoms with Crippen molar-refractivity contribution in [1.29, 1.82) is 0 Å². The third-order valence-corrected chi connectivity index (χ3v) is 5.35. The summed E-state index contributed by atoms with van der Waals surface area (Å²) in [4.78, 5) is 25.7. The van der Waals surface area contributed by atoms with Gasteiger partial charge in [-0.2, -0.15) is 0 Å². The highest BCUT2D eigenvalue weighted by Gasteiger charge is 2.22. The Hall–Kier alpha value is -3.62. The zero-order chi connectivity index (χ0) is 21.9. The maximum atomic E-state index is 12.8. The quantitative estimate of drug-likeness (QED) is 0.396. The van der Waals surface area contributed by atoms with Gasteiger partial charge in [0.15, 0.2) is 0 Å². The predicted octanol–water partition coefficient (Wildman–Crippen LogP) is 3.22. The van der Waals surface area contributed by atoms with E-state index in [4.69, 9.17) is 18.9 Å². The predicted molar refractivity (Wildman–Crippen MR) is 116 cm³/mol. The van der Waals surface area contributed by atoms with E-state index >= 15 is 0 Å². The molecule has 4 aromatic rings. The van der Waals surface area contributed by atoms with Gasteiger partial charge in [-0.15, -0.1) is 0 Å². The van der Waals surface area contributed by atoms with Crippen LogP contribution in [0.2, 0.25) is 0 Å². The van der Waals surface area contributed by atoms with E-state index in [1.165, 1.54) is 0 Å². The first kappa shape index (κ1) is 20.3. The van der Waals surface area contributed by atoms with Gasteiger partial charge in [0.05, 0.1) is 60.0 Å². The van der Waals surface area contributed by atoms with Gasteiger partial charge in [0.2, 0.25) is 0 Å². The van der Waals surface area contributed by atoms with Gasteiger partial charge in [0.25, 0.3) is 0 Å². The standard InChI is InChI=1S/C24H22N2O6/c27-23-17-15-21(25-7-3-1-5-19(17)25)22-16-18(20-6-2-4-8-26(20)22)24(28)32-14-12-30-10-9-29-11-13-31-23/h1-8,15-16H,9-14H2. The van der Waals surface area contributed by atoms with Crippen molar-refractivity contribution in [1.82, 2.24) is 8.80 Å². The Morgan fingerprint density at radius 1 is 0.594 bits per heavy atom. The molecule has 8 heteroatoms. The highest BCUT2D eigenvalue weighted by molar-refractivity contribution is 6.02. The molecule has 0 saturated heterocycles. The summed E-state index contributed by atoms with van der Waals surface area (Å²) in [5.74, 6) is -0.858. The Labute approximate surface area is 183 Å². The largest absolute Gasteiger partial charge is 0.460 e. The zero-order valence-corrected chi connectivity index (χ0v) is 17.4. The molecule has 32 heavy (non-hydrogen) atoms. The topological polar surface area (TPSA) is 79.9 Å². The first-order valence-corrected chi connectivity index (χ1v) is 10.4. The lowest BCUT2D eigenvalue weighted by molar-refractivity contribution is 0.00240. The van der Waals surface area contributed by atoms with Gasteiger partial charge in [-0.25, -0.2) is 9.59 Å². The number of carbonyl (C=O) groups is 2. The molecule has 4 aromatic heterocycles. The average Bonchev–Trinajstić information content (AvgIpc) is 3.38. The molecule has 4 bridgehead atoms. The van der Waals surface area contributed by atoms with E-state index in [2.05, 4.69) is 0 Å². The van der Waals surface area contributed by atoms with Crippen molar-refractivity contribution in [3.05, 3.63) is 72.1 Å². The Balaban J connectivity index is 1.65. The number of hydrogen-bond acceptors (Lipinski definition) is 6. The van der Waals surface area contributed by atoms with Crippen molar-refractivity contribution >= 4 is 23.0 Å². The number of ether oxygens (including phenoxy) is 4. The SMILES string of the molecule is O=C1OCCOCCOCCOC(=O)c2cc(n3ccccc23)-c2cc1c1ccccn21. The average molecular weight is 434 g/mol. The van der Waals surface area contributed by atoms with Crippen LogP contribution in [0.3, 0.4) is 0 Å². The minimum absolute atomic E-state index is 0.147. The first-order valence-electron chi connectivity index (χ1n) is 10.4. The van der Waals surface area contributed by atoms with Crippen molar-refractivity contribution < 1.29 is 28.5 Å². The molecule has 0 aromatic carbocycles. The van der Waals surface area contributed by atoms with Crippen LogP contribution in [0.15, 0.2) is 60.9 Å². The van der Waals surface area contributed by atoms with Crippen LogP contribution >= 0.6 is 0 Å². The summed E-state index contributed by atoms with van der Waals surface area (Å²) in [6.45, 7) is 1.56. The number of rotatable bonds is 0. The van der Waals surface area contributed by atoms with Gasteiger partial charge >= 0.3 is 11.9 Å². The third kappa shape index (κ3) is 3.74. The lowest BCUT2D eigenvalue weighted by atomic mass is 10.2. The van der Waals surface area contributed by atoms with Crippen LogP contribution in [0.5, 0.6) is 0 Å². The fourth-order valence-corrected chi connectivity index (χ4v) is 3.89. The summed E-state index contributed by atoms with van der Waals surface area (Å²) in [6, 6.07) is 14.8. The van der Waals surface area contributed by atoms with E-state index in [-0.39, 0.29) is 26.4 Å². The molecule has 0 atom stereocenters. The number of cyclic esters (lactones) is 2. The smallest absolute Gasteiger partial charge is 0.340 e. The summed E-state index contributed by atoms with van der Waals surface area (Å²) >= 11 is 0. The molecule has 0 unspecified atom stereocenters. The van der Waals surface area contributed by atoms with E-state index in [0.29, 0.717) is 24.3 Å². The first-order chi connectivity index (χ1) is 15.7. The molecule has 0 spiro atoms. The molecular weight excluding hydrogens is 412 g/mol. The van der Waals surface area contributed by atoms with E-state index in [0.717, 1.165) is 22.4 Å². The second-order valence-corrected chi connectivity index (χ2v) is 7.29. The Bertz CT molecular complexity index is 1190. The molecule has 164 valence electrons. The molecule has 0 fully saturated rings. The molecule has 5 rings (SSSR count). The molecule has 5 heterocycles. The van der Waals surface area contributed by atoms with E-state index in [1.807, 2.05) is 57.6 Å². The summed E-state index contributed by atoms with van der Waals surface area (Å²) in [5.41, 5.74) is 3.84. The van der Waals surface area contributed by atoms with Crippen LogP contribution in [-0.4, -0.2) is 60.4 Å². The van der Waals surface area contributed by atoms with Gasteiger partial charge in [-0.05, 0) is 36.4 Å². The van der Waals surface area contributed by atoms with E-state index < -0.39 is 11.9 Å². The van der Waals surface area contributed by atoms with Crippen LogP contribution in [0.25, 0.3) is 22.4 Å². The van der Waals surface area contributed by atoms with Crippen LogP contribution < -0.4 is 0 Å². The Kier molecular flexibility index (Phi) is 5.62. The van der Waals surface area contributed by atoms with Gasteiger partial charge in [-0.1, -0.05) is 12.1 Å². The maximum Gasteiger partial charge on any atom is 0.340 e. The van der Waals surface area contributed by atoms with Crippen molar-refractivity contribution in [3.8, 4) is 11.4 Å². The number of carbonyl (C=O) groups excluding carboxylic acids is 2. The van der Waals surface area contributed by atoms with Gasteiger partial charge < -0.3 is 27.7 Å². The molecule has 0 radical (unpaired) electrons. The molecular formula is C24H22N2O6. The number of fused-ring (bicyclic) bond motifs is 11. The minimum Gasteiger partial charge on any atom is -0.460 e. The molecule has 1 aliphatic heterocycles. The number of esters is 2. The fraction of sp³-hybridized carbons (Fsp3) is 0.250. The van der Waals surface area contributed by atoms with Gasteiger partial charge in [0, 0.05) is 12.4 Å². The molecule has 0 aliphatic carbocycles. The van der Waals surface area contributed by atoms with Crippen LogP contribution in [0.1, 0.15) is 20.7 Å². The number of hydrogen-bond donors (Lipinski definition) is 0. The lowest BCUT2D eigenvalue weighted by Crippen LogP contribution is -2.15. The second kappa shape index (κ2) is 8.86. The third-order valence-electron chi connectivity index (χ3n) is 5.35. The van der Waals surface area contributed by atoms with E-state index in [1.54, 1.807) is 12.1 Å². The monoisotopic (exact) mass is 434 g/mol. The Morgan fingerprint density at radius 3 is 1.50 bits per heavy atom. The van der Waals surface area contributed by atoms with Crippen molar-refractivity contribution in [3.63, 3.8) is 0 Å². The normalized spacial score (nSPS) is 16.4. The van der Waals surface area contributed by atoms with E-state index in [9.17, 15) is 9.59 Å². The Morgan fingerprint density at radius 2 is 1.03 bits per heavy atom. The van der Waals surface area contributed by atoms with Gasteiger partial charge in [0.1, 0.15) is 13.2 Å². The summed E-state index contributed by atoms with van der Waals surface area (Å²) in [5, 5.41) is 0. The van der Waals surface area contributed by atoms with Crippen LogP contribution in [-0.2, 0) is 18.9 Å². The summed E-state index contributed by atoms with van der Waals surface area (Å²) in [6.07, 6.45) is 3.76. The van der Waals surface area contributed by atoms with Gasteiger partial charge in [-0.3, -0.25) is 0 Å². The number of aromatic nitrogens is 2. The van der Waals surface area contributed by atoms with Crippen LogP contribution in [0, 0.1) is 0 Å². The molecule has 0 saturated carbocycles. The van der Waals surface area contributed by atoms with Crippen molar-refractivity contribution in [2.45, 2.75) is 0 Å². The summed E-state index contributed by atoms with van der Waals surface area (Å²) in [7, 11) is 0. The minimum atomic E-state index is -0.429. The summed E-state index contributed by atoms with van der Waals surface area (Å²) < 4.78 is 25.6. The molecule has 1 aliphatic rings. The molecule has 0 N–H and O–H groups in total. The highest BCUT2D eigenvalue weighted by atomic mass is 16.6.